The van der Waals surface area contributed by atoms with Crippen LogP contribution in [0.4, 0.5) is 0 Å². The second-order valence-corrected chi connectivity index (χ2v) is 4.58. The van der Waals surface area contributed by atoms with Crippen LogP contribution in [0.1, 0.15) is 0 Å². The second-order valence-electron chi connectivity index (χ2n) is 2.81. The molecule has 1 aromatic carbocycles. The first-order valence-electron chi connectivity index (χ1n) is 4.36. The third kappa shape index (κ3) is 3.10. The summed E-state index contributed by atoms with van der Waals surface area (Å²) in [5, 5.41) is 2.86. The minimum atomic E-state index is -3.32. The maximum Gasteiger partial charge on any atom is 0.240 e. The van der Waals surface area contributed by atoms with Crippen molar-refractivity contribution in [3.05, 3.63) is 30.3 Å². The lowest BCUT2D eigenvalue weighted by Crippen LogP contribution is -2.30. The summed E-state index contributed by atoms with van der Waals surface area (Å²) in [5.74, 6) is 0. The van der Waals surface area contributed by atoms with Gasteiger partial charge in [-0.1, -0.05) is 18.2 Å². The van der Waals surface area contributed by atoms with E-state index in [-0.39, 0.29) is 0 Å². The van der Waals surface area contributed by atoms with E-state index < -0.39 is 10.0 Å². The van der Waals surface area contributed by atoms with Gasteiger partial charge >= 0.3 is 0 Å². The van der Waals surface area contributed by atoms with Crippen LogP contribution in [0.5, 0.6) is 0 Å². The zero-order chi connectivity index (χ0) is 10.4. The number of rotatable bonds is 5. The Morgan fingerprint density at radius 3 is 2.36 bits per heavy atom. The largest absolute Gasteiger partial charge is 0.318 e. The molecular weight excluding hydrogens is 200 g/mol. The molecule has 0 fully saturated rings. The first-order chi connectivity index (χ1) is 6.67. The van der Waals surface area contributed by atoms with Crippen LogP contribution in [-0.2, 0) is 10.0 Å². The van der Waals surface area contributed by atoms with Crippen LogP contribution in [0, 0.1) is 0 Å². The molecule has 0 unspecified atom stereocenters. The molecule has 0 radical (unpaired) electrons. The minimum absolute atomic E-state index is 0.302. The lowest BCUT2D eigenvalue weighted by Gasteiger charge is -2.05. The summed E-state index contributed by atoms with van der Waals surface area (Å²) in [6, 6.07) is 8.33. The van der Waals surface area contributed by atoms with Gasteiger partial charge in [0.2, 0.25) is 10.0 Å². The first kappa shape index (κ1) is 11.2. The Morgan fingerprint density at radius 2 is 1.79 bits per heavy atom. The number of sulfonamides is 1. The maximum absolute atomic E-state index is 11.6. The highest BCUT2D eigenvalue weighted by molar-refractivity contribution is 7.89. The molecular formula is C9H14N2O2S. The van der Waals surface area contributed by atoms with Gasteiger partial charge in [-0.05, 0) is 19.2 Å². The average Bonchev–Trinajstić information content (AvgIpc) is 2.19. The number of hydrogen-bond donors (Lipinski definition) is 2. The van der Waals surface area contributed by atoms with Gasteiger partial charge in [0, 0.05) is 13.1 Å². The third-order valence-electron chi connectivity index (χ3n) is 1.72. The molecule has 14 heavy (non-hydrogen) atoms. The Kier molecular flexibility index (Phi) is 4.06. The Hall–Kier alpha value is -0.910. The van der Waals surface area contributed by atoms with Crippen LogP contribution in [0.15, 0.2) is 35.2 Å². The highest BCUT2D eigenvalue weighted by Gasteiger charge is 2.11. The molecule has 0 aromatic heterocycles. The van der Waals surface area contributed by atoms with E-state index in [0.29, 0.717) is 18.0 Å². The summed E-state index contributed by atoms with van der Waals surface area (Å²) in [5.41, 5.74) is 0. The SMILES string of the molecule is CNCCNS(=O)(=O)c1ccccc1. The summed E-state index contributed by atoms with van der Waals surface area (Å²) in [6.45, 7) is 1.01. The monoisotopic (exact) mass is 214 g/mol. The lowest BCUT2D eigenvalue weighted by atomic mass is 10.4. The lowest BCUT2D eigenvalue weighted by molar-refractivity contribution is 0.579. The minimum Gasteiger partial charge on any atom is -0.318 e. The number of benzene rings is 1. The summed E-state index contributed by atoms with van der Waals surface area (Å²) in [7, 11) is -1.55. The molecule has 0 aliphatic heterocycles. The van der Waals surface area contributed by atoms with Crippen molar-refractivity contribution in [1.29, 1.82) is 0 Å². The molecule has 4 nitrogen and oxygen atoms in total. The second kappa shape index (κ2) is 5.09. The van der Waals surface area contributed by atoms with E-state index in [1.165, 1.54) is 0 Å². The van der Waals surface area contributed by atoms with E-state index >= 15 is 0 Å². The Morgan fingerprint density at radius 1 is 1.14 bits per heavy atom. The van der Waals surface area contributed by atoms with Crippen LogP contribution >= 0.6 is 0 Å². The highest BCUT2D eigenvalue weighted by Crippen LogP contribution is 2.05. The zero-order valence-electron chi connectivity index (χ0n) is 8.03. The first-order valence-corrected chi connectivity index (χ1v) is 5.84. The van der Waals surface area contributed by atoms with E-state index in [1.807, 2.05) is 0 Å². The third-order valence-corrected chi connectivity index (χ3v) is 3.20. The summed E-state index contributed by atoms with van der Waals surface area (Å²) in [4.78, 5) is 0.302. The topological polar surface area (TPSA) is 58.2 Å². The Labute approximate surface area is 84.4 Å². The van der Waals surface area contributed by atoms with Crippen LogP contribution in [-0.4, -0.2) is 28.6 Å². The fraction of sp³-hybridized carbons (Fsp3) is 0.333. The van der Waals surface area contributed by atoms with Gasteiger partial charge in [-0.3, -0.25) is 0 Å². The summed E-state index contributed by atoms with van der Waals surface area (Å²) >= 11 is 0. The van der Waals surface area contributed by atoms with Gasteiger partial charge in [0.05, 0.1) is 4.90 Å². The molecule has 1 rings (SSSR count). The zero-order valence-corrected chi connectivity index (χ0v) is 8.84. The Bertz CT molecular complexity index is 362. The van der Waals surface area contributed by atoms with Gasteiger partial charge in [0.25, 0.3) is 0 Å². The van der Waals surface area contributed by atoms with Gasteiger partial charge in [-0.25, -0.2) is 13.1 Å². The quantitative estimate of drug-likeness (QED) is 0.688. The van der Waals surface area contributed by atoms with Gasteiger partial charge in [0.15, 0.2) is 0 Å². The summed E-state index contributed by atoms with van der Waals surface area (Å²) in [6.07, 6.45) is 0. The standard InChI is InChI=1S/C9H14N2O2S/c1-10-7-8-11-14(12,13)9-5-3-2-4-6-9/h2-6,10-11H,7-8H2,1H3. The van der Waals surface area contributed by atoms with Crippen molar-refractivity contribution in [3.63, 3.8) is 0 Å². The van der Waals surface area contributed by atoms with Crippen molar-refractivity contribution in [3.8, 4) is 0 Å². The van der Waals surface area contributed by atoms with Crippen molar-refractivity contribution in [2.75, 3.05) is 20.1 Å². The van der Waals surface area contributed by atoms with E-state index in [9.17, 15) is 8.42 Å². The van der Waals surface area contributed by atoms with Crippen molar-refractivity contribution in [2.24, 2.45) is 0 Å². The van der Waals surface area contributed by atoms with Crippen LogP contribution in [0.25, 0.3) is 0 Å². The number of hydrogen-bond acceptors (Lipinski definition) is 3. The fourth-order valence-electron chi connectivity index (χ4n) is 0.993. The van der Waals surface area contributed by atoms with Crippen LogP contribution in [0.3, 0.4) is 0 Å². The van der Waals surface area contributed by atoms with Crippen molar-refractivity contribution >= 4 is 10.0 Å². The molecule has 2 N–H and O–H groups in total. The van der Waals surface area contributed by atoms with Crippen molar-refractivity contribution in [1.82, 2.24) is 10.0 Å². The average molecular weight is 214 g/mol. The predicted molar refractivity (Wildman–Crippen MR) is 55.6 cm³/mol. The van der Waals surface area contributed by atoms with E-state index in [1.54, 1.807) is 37.4 Å². The molecule has 0 bridgehead atoms. The number of likely N-dealkylation sites (N-methyl/N-ethyl adjacent to an activating group) is 1. The van der Waals surface area contributed by atoms with E-state index in [4.69, 9.17) is 0 Å². The van der Waals surface area contributed by atoms with Crippen molar-refractivity contribution in [2.45, 2.75) is 4.90 Å². The molecule has 5 heteroatoms. The van der Waals surface area contributed by atoms with Crippen molar-refractivity contribution < 1.29 is 8.42 Å². The van der Waals surface area contributed by atoms with Gasteiger partial charge < -0.3 is 5.32 Å². The molecule has 0 amide bonds. The predicted octanol–water partition coefficient (Wildman–Crippen LogP) is 0.184. The molecule has 0 heterocycles. The fourth-order valence-corrected chi connectivity index (χ4v) is 2.05. The highest BCUT2D eigenvalue weighted by atomic mass is 32.2. The maximum atomic E-state index is 11.6. The molecule has 0 saturated carbocycles. The smallest absolute Gasteiger partial charge is 0.240 e. The molecule has 0 aliphatic rings. The number of nitrogens with one attached hydrogen (secondary N) is 2. The van der Waals surface area contributed by atoms with Crippen LogP contribution < -0.4 is 10.0 Å². The molecule has 78 valence electrons. The van der Waals surface area contributed by atoms with Gasteiger partial charge in [-0.15, -0.1) is 0 Å². The van der Waals surface area contributed by atoms with Crippen LogP contribution in [0.2, 0.25) is 0 Å². The molecule has 0 aliphatic carbocycles. The normalized spacial score (nSPS) is 11.5. The van der Waals surface area contributed by atoms with E-state index in [0.717, 1.165) is 0 Å². The van der Waals surface area contributed by atoms with Gasteiger partial charge in [-0.2, -0.15) is 0 Å². The molecule has 0 spiro atoms. The summed E-state index contributed by atoms with van der Waals surface area (Å²) < 4.78 is 25.6. The molecule has 1 aromatic rings. The molecule has 0 saturated heterocycles. The van der Waals surface area contributed by atoms with E-state index in [2.05, 4.69) is 10.0 Å². The molecule has 0 atom stereocenters. The van der Waals surface area contributed by atoms with Gasteiger partial charge in [0.1, 0.15) is 0 Å². The Balaban J connectivity index is 2.67.